The third kappa shape index (κ3) is 2.18. The summed E-state index contributed by atoms with van der Waals surface area (Å²) in [6, 6.07) is 0.0417. The molecule has 14 heavy (non-hydrogen) atoms. The molecular weight excluding hydrogens is 180 g/mol. The van der Waals surface area contributed by atoms with Crippen LogP contribution in [0.4, 0.5) is 4.79 Å². The monoisotopic (exact) mass is 199 g/mol. The molecule has 2 atom stereocenters. The summed E-state index contributed by atoms with van der Waals surface area (Å²) in [4.78, 5) is 12.5. The molecule has 1 N–H and O–H groups in total. The van der Waals surface area contributed by atoms with E-state index in [1.165, 1.54) is 4.90 Å². The smallest absolute Gasteiger partial charge is 0.137 e. The summed E-state index contributed by atoms with van der Waals surface area (Å²) in [6.45, 7) is 9.36. The second-order valence-corrected chi connectivity index (χ2v) is 5.01. The van der Waals surface area contributed by atoms with Gasteiger partial charge < -0.3 is 20.1 Å². The van der Waals surface area contributed by atoms with E-state index in [1.807, 2.05) is 20.8 Å². The average molecular weight is 199 g/mol. The zero-order valence-corrected chi connectivity index (χ0v) is 9.33. The molecule has 0 unspecified atom stereocenters. The topological polar surface area (TPSA) is 55.4 Å². The number of rotatable bonds is 1. The molecule has 0 spiro atoms. The Morgan fingerprint density at radius 3 is 2.29 bits per heavy atom. The lowest BCUT2D eigenvalue weighted by atomic mass is 9.98. The number of carbonyl (C=O) groups excluding carboxylic acids is 1. The summed E-state index contributed by atoms with van der Waals surface area (Å²) in [5, 5.41) is 14.3. The Morgan fingerprint density at radius 1 is 1.43 bits per heavy atom. The highest BCUT2D eigenvalue weighted by atomic mass is 16.4. The van der Waals surface area contributed by atoms with E-state index in [9.17, 15) is 9.90 Å². The first-order valence-electron chi connectivity index (χ1n) is 5.05. The quantitative estimate of drug-likeness (QED) is 0.648. The maximum Gasteiger partial charge on any atom is 0.137 e. The van der Waals surface area contributed by atoms with Crippen LogP contribution >= 0.6 is 0 Å². The van der Waals surface area contributed by atoms with Crippen LogP contribution in [0, 0.1) is 5.92 Å². The molecule has 1 amide bonds. The van der Waals surface area contributed by atoms with Crippen LogP contribution in [-0.4, -0.2) is 35.7 Å². The highest BCUT2D eigenvalue weighted by molar-refractivity contribution is 5.64. The molecule has 0 aliphatic carbocycles. The summed E-state index contributed by atoms with van der Waals surface area (Å²) in [7, 11) is 0. The Hall–Kier alpha value is -0.770. The van der Waals surface area contributed by atoms with E-state index < -0.39 is 6.09 Å². The average Bonchev–Trinajstić information content (AvgIpc) is 2.32. The molecule has 4 heteroatoms. The van der Waals surface area contributed by atoms with Crippen molar-refractivity contribution in [2.45, 2.75) is 39.3 Å². The second-order valence-electron chi connectivity index (χ2n) is 5.01. The van der Waals surface area contributed by atoms with Gasteiger partial charge >= 0.3 is 0 Å². The molecule has 0 bridgehead atoms. The van der Waals surface area contributed by atoms with E-state index in [0.717, 1.165) is 13.1 Å². The van der Waals surface area contributed by atoms with Crippen molar-refractivity contribution >= 4 is 6.09 Å². The zero-order chi connectivity index (χ0) is 10.9. The Balaban J connectivity index is 2.83. The molecule has 1 aliphatic rings. The van der Waals surface area contributed by atoms with E-state index in [0.29, 0.717) is 5.92 Å². The molecule has 1 rings (SSSR count). The van der Waals surface area contributed by atoms with Gasteiger partial charge in [-0.3, -0.25) is 0 Å². The van der Waals surface area contributed by atoms with E-state index >= 15 is 0 Å². The van der Waals surface area contributed by atoms with Gasteiger partial charge in [0.25, 0.3) is 0 Å². The van der Waals surface area contributed by atoms with Gasteiger partial charge in [-0.1, -0.05) is 6.92 Å². The third-order valence-corrected chi connectivity index (χ3v) is 2.73. The number of hydrogen-bond acceptors (Lipinski definition) is 3. The Kier molecular flexibility index (Phi) is 3.04. The van der Waals surface area contributed by atoms with Gasteiger partial charge in [-0.2, -0.15) is 0 Å². The second kappa shape index (κ2) is 3.77. The summed E-state index contributed by atoms with van der Waals surface area (Å²) in [5.74, 6) is 0.354. The molecule has 1 aliphatic heterocycles. The molecule has 0 radical (unpaired) electrons. The molecule has 1 saturated heterocycles. The largest absolute Gasteiger partial charge is 0.530 e. The third-order valence-electron chi connectivity index (χ3n) is 2.73. The first-order valence-corrected chi connectivity index (χ1v) is 5.05. The molecule has 0 saturated carbocycles. The van der Waals surface area contributed by atoms with Gasteiger partial charge in [0.1, 0.15) is 6.09 Å². The molecule has 1 fully saturated rings. The predicted octanol–water partition coefficient (Wildman–Crippen LogP) is 0.0381. The van der Waals surface area contributed by atoms with Crippen molar-refractivity contribution in [3.8, 4) is 0 Å². The summed E-state index contributed by atoms with van der Waals surface area (Å²) in [6.07, 6.45) is -1.07. The zero-order valence-electron chi connectivity index (χ0n) is 9.33. The Labute approximate surface area is 85.3 Å². The molecule has 4 nitrogen and oxygen atoms in total. The SMILES string of the molecule is C[C@H]1CNC[C@H]1N(C(=O)[O-])C(C)(C)C. The van der Waals surface area contributed by atoms with Crippen molar-refractivity contribution in [3.63, 3.8) is 0 Å². The predicted molar refractivity (Wildman–Crippen MR) is 52.8 cm³/mol. The van der Waals surface area contributed by atoms with Gasteiger partial charge in [-0.15, -0.1) is 0 Å². The first kappa shape index (κ1) is 11.3. The van der Waals surface area contributed by atoms with Crippen LogP contribution in [0.2, 0.25) is 0 Å². The van der Waals surface area contributed by atoms with Gasteiger partial charge in [0.05, 0.1) is 0 Å². The molecule has 82 valence electrons. The van der Waals surface area contributed by atoms with Crippen molar-refractivity contribution in [1.82, 2.24) is 10.2 Å². The number of carbonyl (C=O) groups is 1. The van der Waals surface area contributed by atoms with Gasteiger partial charge in [-0.25, -0.2) is 0 Å². The van der Waals surface area contributed by atoms with Gasteiger partial charge in [0.15, 0.2) is 0 Å². The van der Waals surface area contributed by atoms with Crippen molar-refractivity contribution < 1.29 is 9.90 Å². The van der Waals surface area contributed by atoms with Crippen LogP contribution in [-0.2, 0) is 0 Å². The van der Waals surface area contributed by atoms with Crippen LogP contribution in [0.3, 0.4) is 0 Å². The molecule has 0 aromatic rings. The van der Waals surface area contributed by atoms with Crippen molar-refractivity contribution in [2.75, 3.05) is 13.1 Å². The summed E-state index contributed by atoms with van der Waals surface area (Å²) < 4.78 is 0. The Bertz CT molecular complexity index is 223. The minimum atomic E-state index is -1.07. The fourth-order valence-electron chi connectivity index (χ4n) is 2.05. The van der Waals surface area contributed by atoms with E-state index in [2.05, 4.69) is 12.2 Å². The van der Waals surface area contributed by atoms with Gasteiger partial charge in [-0.05, 0) is 33.2 Å². The van der Waals surface area contributed by atoms with Crippen LogP contribution in [0.15, 0.2) is 0 Å². The summed E-state index contributed by atoms with van der Waals surface area (Å²) in [5.41, 5.74) is -0.385. The van der Waals surface area contributed by atoms with Crippen molar-refractivity contribution in [2.24, 2.45) is 5.92 Å². The van der Waals surface area contributed by atoms with Crippen LogP contribution in [0.1, 0.15) is 27.7 Å². The van der Waals surface area contributed by atoms with E-state index in [4.69, 9.17) is 0 Å². The minimum Gasteiger partial charge on any atom is -0.530 e. The van der Waals surface area contributed by atoms with Crippen LogP contribution in [0.25, 0.3) is 0 Å². The Morgan fingerprint density at radius 2 is 2.00 bits per heavy atom. The number of nitrogens with one attached hydrogen (secondary N) is 1. The number of carboxylic acid groups (broad SMARTS) is 1. The normalized spacial score (nSPS) is 27.7. The van der Waals surface area contributed by atoms with Crippen molar-refractivity contribution in [3.05, 3.63) is 0 Å². The lowest BCUT2D eigenvalue weighted by Crippen LogP contribution is -2.58. The molecular formula is C10H19N2O2-. The lowest BCUT2D eigenvalue weighted by Gasteiger charge is -2.43. The fraction of sp³-hybridized carbons (Fsp3) is 0.900. The maximum atomic E-state index is 11.1. The number of hydrogen-bond donors (Lipinski definition) is 1. The van der Waals surface area contributed by atoms with E-state index in [1.54, 1.807) is 0 Å². The maximum absolute atomic E-state index is 11.1. The summed E-state index contributed by atoms with van der Waals surface area (Å²) >= 11 is 0. The van der Waals surface area contributed by atoms with E-state index in [-0.39, 0.29) is 11.6 Å². The number of nitrogens with zero attached hydrogens (tertiary/aromatic N) is 1. The first-order chi connectivity index (χ1) is 6.34. The van der Waals surface area contributed by atoms with Gasteiger partial charge in [0.2, 0.25) is 0 Å². The molecule has 0 aromatic carbocycles. The van der Waals surface area contributed by atoms with Gasteiger partial charge in [0, 0.05) is 18.1 Å². The number of amides is 1. The standard InChI is InChI=1S/C10H20N2O2/c1-7-5-11-6-8(7)12(9(13)14)10(2,3)4/h7-8,11H,5-6H2,1-4H3,(H,13,14)/p-1/t7-,8+/m0/s1. The molecule has 1 heterocycles. The lowest BCUT2D eigenvalue weighted by molar-refractivity contribution is -0.273. The highest BCUT2D eigenvalue weighted by Crippen LogP contribution is 2.23. The molecule has 0 aromatic heterocycles. The highest BCUT2D eigenvalue weighted by Gasteiger charge is 2.34. The minimum absolute atomic E-state index is 0.0417. The van der Waals surface area contributed by atoms with Crippen LogP contribution in [0.5, 0.6) is 0 Å². The van der Waals surface area contributed by atoms with Crippen LogP contribution < -0.4 is 10.4 Å². The van der Waals surface area contributed by atoms with Crippen molar-refractivity contribution in [1.29, 1.82) is 0 Å². The fourth-order valence-corrected chi connectivity index (χ4v) is 2.05.